The summed E-state index contributed by atoms with van der Waals surface area (Å²) in [5, 5.41) is 3.24. The largest absolute Gasteiger partial charge is 0.433 e. The first kappa shape index (κ1) is 13.7. The molecule has 0 unspecified atom stereocenters. The maximum atomic E-state index is 12.7. The van der Waals surface area contributed by atoms with Gasteiger partial charge < -0.3 is 9.88 Å². The summed E-state index contributed by atoms with van der Waals surface area (Å²) >= 11 is 1.04. The van der Waals surface area contributed by atoms with Gasteiger partial charge in [0.15, 0.2) is 10.9 Å². The van der Waals surface area contributed by atoms with E-state index < -0.39 is 11.9 Å². The molecule has 9 heteroatoms. The van der Waals surface area contributed by atoms with Crippen molar-refractivity contribution in [2.24, 2.45) is 7.05 Å². The van der Waals surface area contributed by atoms with Gasteiger partial charge in [-0.2, -0.15) is 13.2 Å². The quantitative estimate of drug-likeness (QED) is 0.879. The van der Waals surface area contributed by atoms with Crippen molar-refractivity contribution in [1.82, 2.24) is 19.5 Å². The molecule has 19 heavy (non-hydrogen) atoms. The number of hydrogen-bond donors (Lipinski definition) is 1. The van der Waals surface area contributed by atoms with Gasteiger partial charge >= 0.3 is 6.18 Å². The number of aryl methyl sites for hydroxylation is 1. The summed E-state index contributed by atoms with van der Waals surface area (Å²) in [6, 6.07) is 0.903. The van der Waals surface area contributed by atoms with Gasteiger partial charge in [0.1, 0.15) is 5.03 Å². The van der Waals surface area contributed by atoms with Crippen LogP contribution in [0.1, 0.15) is 5.69 Å². The van der Waals surface area contributed by atoms with Crippen LogP contribution >= 0.6 is 11.8 Å². The Bertz CT molecular complexity index is 581. The number of nitrogens with one attached hydrogen (secondary N) is 1. The molecule has 0 atom stereocenters. The van der Waals surface area contributed by atoms with E-state index in [9.17, 15) is 13.2 Å². The number of rotatable bonds is 3. The van der Waals surface area contributed by atoms with E-state index in [0.717, 1.165) is 17.8 Å². The third-order valence-corrected chi connectivity index (χ3v) is 3.18. The van der Waals surface area contributed by atoms with Crippen molar-refractivity contribution >= 4 is 17.7 Å². The van der Waals surface area contributed by atoms with E-state index in [1.54, 1.807) is 24.0 Å². The Morgan fingerprint density at radius 3 is 2.58 bits per heavy atom. The molecular weight excluding hydrogens is 279 g/mol. The van der Waals surface area contributed by atoms with E-state index in [2.05, 4.69) is 20.3 Å². The molecule has 0 saturated heterocycles. The summed E-state index contributed by atoms with van der Waals surface area (Å²) < 4.78 is 39.8. The highest BCUT2D eigenvalue weighted by Crippen LogP contribution is 2.32. The molecule has 0 aliphatic heterocycles. The zero-order chi connectivity index (χ0) is 14.0. The molecule has 0 aromatic carbocycles. The second kappa shape index (κ2) is 5.08. The van der Waals surface area contributed by atoms with Crippen molar-refractivity contribution in [3.05, 3.63) is 24.2 Å². The van der Waals surface area contributed by atoms with Gasteiger partial charge in [-0.3, -0.25) is 0 Å². The van der Waals surface area contributed by atoms with Gasteiger partial charge in [-0.15, -0.1) is 0 Å². The third-order valence-electron chi connectivity index (χ3n) is 2.19. The van der Waals surface area contributed by atoms with E-state index in [-0.39, 0.29) is 11.0 Å². The lowest BCUT2D eigenvalue weighted by atomic mass is 10.4. The highest BCUT2D eigenvalue weighted by Gasteiger charge is 2.33. The molecule has 0 spiro atoms. The lowest BCUT2D eigenvalue weighted by molar-refractivity contribution is -0.141. The Morgan fingerprint density at radius 2 is 2.05 bits per heavy atom. The van der Waals surface area contributed by atoms with Gasteiger partial charge in [0.2, 0.25) is 5.95 Å². The summed E-state index contributed by atoms with van der Waals surface area (Å²) in [4.78, 5) is 11.4. The summed E-state index contributed by atoms with van der Waals surface area (Å²) in [5.74, 6) is -0.0773. The van der Waals surface area contributed by atoms with Gasteiger partial charge in [0, 0.05) is 32.6 Å². The van der Waals surface area contributed by atoms with Crippen LogP contribution < -0.4 is 5.32 Å². The van der Waals surface area contributed by atoms with Crippen LogP contribution in [0, 0.1) is 0 Å². The number of hydrogen-bond acceptors (Lipinski definition) is 5. The van der Waals surface area contributed by atoms with E-state index in [1.165, 1.54) is 7.05 Å². The van der Waals surface area contributed by atoms with E-state index in [4.69, 9.17) is 0 Å². The SMILES string of the molecule is CNc1nc(Sc2nccn2C)cc(C(F)(F)F)n1. The number of nitrogens with zero attached hydrogens (tertiary/aromatic N) is 4. The first-order valence-electron chi connectivity index (χ1n) is 5.19. The smallest absolute Gasteiger partial charge is 0.357 e. The number of imidazole rings is 1. The lowest BCUT2D eigenvalue weighted by Gasteiger charge is -2.09. The van der Waals surface area contributed by atoms with Gasteiger partial charge in [0.05, 0.1) is 0 Å². The van der Waals surface area contributed by atoms with Gasteiger partial charge in [-0.1, -0.05) is 0 Å². The summed E-state index contributed by atoms with van der Waals surface area (Å²) in [7, 11) is 3.21. The van der Waals surface area contributed by atoms with Crippen LogP contribution in [0.25, 0.3) is 0 Å². The molecule has 2 aromatic heterocycles. The van der Waals surface area contributed by atoms with Crippen LogP contribution in [-0.2, 0) is 13.2 Å². The highest BCUT2D eigenvalue weighted by atomic mass is 32.2. The fraction of sp³-hybridized carbons (Fsp3) is 0.300. The maximum absolute atomic E-state index is 12.7. The van der Waals surface area contributed by atoms with Crippen molar-refractivity contribution in [1.29, 1.82) is 0 Å². The molecule has 1 N–H and O–H groups in total. The Labute approximate surface area is 111 Å². The molecule has 0 aliphatic rings. The van der Waals surface area contributed by atoms with Gasteiger partial charge in [0.25, 0.3) is 0 Å². The second-order valence-electron chi connectivity index (χ2n) is 3.59. The maximum Gasteiger partial charge on any atom is 0.433 e. The molecule has 2 aromatic rings. The van der Waals surface area contributed by atoms with Gasteiger partial charge in [-0.25, -0.2) is 15.0 Å². The molecular formula is C10H10F3N5S. The predicted octanol–water partition coefficient (Wildman–Crippen LogP) is 2.42. The Morgan fingerprint density at radius 1 is 1.32 bits per heavy atom. The minimum atomic E-state index is -4.51. The van der Waals surface area contributed by atoms with Crippen molar-refractivity contribution < 1.29 is 13.2 Å². The minimum Gasteiger partial charge on any atom is -0.357 e. The first-order chi connectivity index (χ1) is 8.90. The zero-order valence-corrected chi connectivity index (χ0v) is 10.9. The fourth-order valence-electron chi connectivity index (χ4n) is 1.28. The molecule has 0 fully saturated rings. The molecule has 0 amide bonds. The normalized spacial score (nSPS) is 11.6. The van der Waals surface area contributed by atoms with Crippen molar-refractivity contribution in [3.63, 3.8) is 0 Å². The molecule has 0 bridgehead atoms. The third kappa shape index (κ3) is 3.16. The molecule has 0 aliphatic carbocycles. The number of anilines is 1. The first-order valence-corrected chi connectivity index (χ1v) is 6.01. The van der Waals surface area contributed by atoms with Crippen LogP contribution in [0.5, 0.6) is 0 Å². The van der Waals surface area contributed by atoms with E-state index >= 15 is 0 Å². The number of halogens is 3. The Balaban J connectivity index is 2.37. The molecule has 102 valence electrons. The zero-order valence-electron chi connectivity index (χ0n) is 10.1. The van der Waals surface area contributed by atoms with Crippen molar-refractivity contribution in [2.75, 3.05) is 12.4 Å². The Kier molecular flexibility index (Phi) is 3.65. The standard InChI is InChI=1S/C10H10F3N5S/c1-14-8-16-6(10(11,12)13)5-7(17-8)19-9-15-3-4-18(9)2/h3-5H,1-2H3,(H,14,16,17). The average molecular weight is 289 g/mol. The fourth-order valence-corrected chi connectivity index (χ4v) is 2.09. The Hall–Kier alpha value is -1.77. The lowest BCUT2D eigenvalue weighted by Crippen LogP contribution is -2.11. The van der Waals surface area contributed by atoms with Gasteiger partial charge in [-0.05, 0) is 11.8 Å². The summed E-state index contributed by atoms with van der Waals surface area (Å²) in [6.07, 6.45) is -1.24. The van der Waals surface area contributed by atoms with Crippen LogP contribution in [0.3, 0.4) is 0 Å². The van der Waals surface area contributed by atoms with Crippen LogP contribution in [-0.4, -0.2) is 26.6 Å². The molecule has 2 rings (SSSR count). The van der Waals surface area contributed by atoms with Crippen molar-refractivity contribution in [2.45, 2.75) is 16.4 Å². The molecule has 0 saturated carbocycles. The molecule has 0 radical (unpaired) electrons. The molecule has 2 heterocycles. The molecule has 5 nitrogen and oxygen atoms in total. The second-order valence-corrected chi connectivity index (χ2v) is 4.57. The van der Waals surface area contributed by atoms with E-state index in [0.29, 0.717) is 5.16 Å². The average Bonchev–Trinajstić information content (AvgIpc) is 2.73. The van der Waals surface area contributed by atoms with Crippen LogP contribution in [0.4, 0.5) is 19.1 Å². The van der Waals surface area contributed by atoms with Crippen molar-refractivity contribution in [3.8, 4) is 0 Å². The minimum absolute atomic E-state index is 0.0773. The number of aromatic nitrogens is 4. The van der Waals surface area contributed by atoms with E-state index in [1.807, 2.05) is 0 Å². The van der Waals surface area contributed by atoms with Crippen LogP contribution in [0.15, 0.2) is 28.6 Å². The monoisotopic (exact) mass is 289 g/mol. The van der Waals surface area contributed by atoms with Crippen LogP contribution in [0.2, 0.25) is 0 Å². The highest BCUT2D eigenvalue weighted by molar-refractivity contribution is 7.99. The predicted molar refractivity (Wildman–Crippen MR) is 63.9 cm³/mol. The summed E-state index contributed by atoms with van der Waals surface area (Å²) in [5.41, 5.74) is -0.983. The topological polar surface area (TPSA) is 55.6 Å². The number of alkyl halides is 3. The summed E-state index contributed by atoms with van der Waals surface area (Å²) in [6.45, 7) is 0.